The molecule has 0 saturated carbocycles. The fraction of sp³-hybridized carbons (Fsp3) is 0.471. The first-order chi connectivity index (χ1) is 20.7. The minimum Gasteiger partial charge on any atom is -0.342 e. The maximum Gasteiger partial charge on any atom is 0.324 e. The van der Waals surface area contributed by atoms with Gasteiger partial charge < -0.3 is 15.1 Å². The van der Waals surface area contributed by atoms with Gasteiger partial charge in [0.05, 0.1) is 11.3 Å². The monoisotopic (exact) mass is 616 g/mol. The number of likely N-dealkylation sites (tertiary alicyclic amines) is 1. The third-order valence-corrected chi connectivity index (χ3v) is 10.1. The number of hydrogen-bond donors (Lipinski definition) is 2. The summed E-state index contributed by atoms with van der Waals surface area (Å²) in [6, 6.07) is 11.4. The van der Waals surface area contributed by atoms with Crippen molar-refractivity contribution in [3.05, 3.63) is 64.3 Å². The Morgan fingerprint density at radius 3 is 2.39 bits per heavy atom. The summed E-state index contributed by atoms with van der Waals surface area (Å²) in [5, 5.41) is 6.36. The number of aromatic nitrogens is 1. The van der Waals surface area contributed by atoms with Crippen molar-refractivity contribution in [1.82, 2.24) is 19.7 Å². The SMILES string of the molecule is Cc1ccc(NC(=O)Nc2sc(C(C)(C)C)cc2C(=O)N2CCN(C)C(=O)C2(C)C)cc1-c1ccc(CN2CCCC2)nc1. The highest BCUT2D eigenvalue weighted by Crippen LogP contribution is 2.38. The number of amides is 4. The molecular formula is C34H44N6O3S. The number of benzene rings is 1. The minimum absolute atomic E-state index is 0.109. The summed E-state index contributed by atoms with van der Waals surface area (Å²) in [7, 11) is 1.75. The van der Waals surface area contributed by atoms with Crippen molar-refractivity contribution in [3.63, 3.8) is 0 Å². The number of rotatable bonds is 6. The van der Waals surface area contributed by atoms with E-state index in [4.69, 9.17) is 4.98 Å². The number of likely N-dealkylation sites (N-methyl/N-ethyl adjacent to an activating group) is 1. The van der Waals surface area contributed by atoms with E-state index in [1.54, 1.807) is 30.7 Å². The molecule has 2 saturated heterocycles. The van der Waals surface area contributed by atoms with Gasteiger partial charge in [0, 0.05) is 49.0 Å². The lowest BCUT2D eigenvalue weighted by molar-refractivity contribution is -0.144. The van der Waals surface area contributed by atoms with Gasteiger partial charge in [0.15, 0.2) is 0 Å². The molecule has 2 aliphatic rings. The van der Waals surface area contributed by atoms with E-state index >= 15 is 0 Å². The minimum atomic E-state index is -0.993. The van der Waals surface area contributed by atoms with Crippen LogP contribution in [-0.4, -0.2) is 76.3 Å². The fourth-order valence-electron chi connectivity index (χ4n) is 5.85. The Morgan fingerprint density at radius 2 is 1.73 bits per heavy atom. The molecule has 1 aromatic carbocycles. The van der Waals surface area contributed by atoms with E-state index in [9.17, 15) is 14.4 Å². The van der Waals surface area contributed by atoms with Gasteiger partial charge in [-0.15, -0.1) is 11.3 Å². The molecule has 4 heterocycles. The number of hydrogen-bond acceptors (Lipinski definition) is 6. The molecule has 3 aromatic rings. The molecule has 2 aromatic heterocycles. The Bertz CT molecular complexity index is 1550. The van der Waals surface area contributed by atoms with Gasteiger partial charge in [-0.3, -0.25) is 24.8 Å². The third-order valence-electron chi connectivity index (χ3n) is 8.59. The largest absolute Gasteiger partial charge is 0.342 e. The highest BCUT2D eigenvalue weighted by molar-refractivity contribution is 7.16. The zero-order valence-electron chi connectivity index (χ0n) is 26.9. The first-order valence-electron chi connectivity index (χ1n) is 15.3. The van der Waals surface area contributed by atoms with E-state index in [2.05, 4.69) is 48.4 Å². The van der Waals surface area contributed by atoms with Crippen molar-refractivity contribution < 1.29 is 14.4 Å². The average molecular weight is 617 g/mol. The molecule has 0 radical (unpaired) electrons. The number of carbonyl (C=O) groups excluding carboxylic acids is 3. The second-order valence-corrected chi connectivity index (χ2v) is 14.5. The molecule has 4 amide bonds. The van der Waals surface area contributed by atoms with Crippen LogP contribution < -0.4 is 10.6 Å². The molecule has 0 bridgehead atoms. The molecular weight excluding hydrogens is 572 g/mol. The Hall–Kier alpha value is -3.76. The molecule has 5 rings (SSSR count). The highest BCUT2D eigenvalue weighted by Gasteiger charge is 2.44. The quantitative estimate of drug-likeness (QED) is 0.337. The number of carbonyl (C=O) groups is 3. The number of nitrogens with one attached hydrogen (secondary N) is 2. The number of urea groups is 1. The van der Waals surface area contributed by atoms with Crippen LogP contribution in [0.25, 0.3) is 11.1 Å². The van der Waals surface area contributed by atoms with Crippen molar-refractivity contribution in [3.8, 4) is 11.1 Å². The summed E-state index contributed by atoms with van der Waals surface area (Å²) in [6.45, 7) is 15.8. The van der Waals surface area contributed by atoms with Crippen molar-refractivity contribution in [1.29, 1.82) is 0 Å². The summed E-state index contributed by atoms with van der Waals surface area (Å²) < 4.78 is 0. The second-order valence-electron chi connectivity index (χ2n) is 13.5. The topological polar surface area (TPSA) is 97.9 Å². The first-order valence-corrected chi connectivity index (χ1v) is 16.1. The van der Waals surface area contributed by atoms with Crippen LogP contribution in [0.15, 0.2) is 42.6 Å². The lowest BCUT2D eigenvalue weighted by Crippen LogP contribution is -2.63. The molecule has 0 spiro atoms. The Labute approximate surface area is 264 Å². The lowest BCUT2D eigenvalue weighted by atomic mass is 9.93. The van der Waals surface area contributed by atoms with E-state index in [1.165, 1.54) is 24.2 Å². The fourth-order valence-corrected chi connectivity index (χ4v) is 6.95. The molecule has 2 aliphatic heterocycles. The maximum absolute atomic E-state index is 13.9. The Morgan fingerprint density at radius 1 is 1.00 bits per heavy atom. The number of piperazine rings is 1. The number of anilines is 2. The maximum atomic E-state index is 13.9. The van der Waals surface area contributed by atoms with Crippen molar-refractivity contribution in [2.24, 2.45) is 0 Å². The summed E-state index contributed by atoms with van der Waals surface area (Å²) >= 11 is 1.39. The van der Waals surface area contributed by atoms with E-state index in [0.29, 0.717) is 29.3 Å². The standard InChI is InChI=1S/C34H44N6O3S/c1-22-10-12-24(18-26(22)23-11-13-25(35-20-23)21-39-14-8-9-15-39)36-32(43)37-29-27(19-28(44-29)33(2,3)4)30(41)40-17-16-38(7)31(42)34(40,5)6/h10-13,18-20H,8-9,14-17,21H2,1-7H3,(H2,36,37,43). The zero-order chi connectivity index (χ0) is 31.8. The third kappa shape index (κ3) is 6.66. The highest BCUT2D eigenvalue weighted by atomic mass is 32.1. The Balaban J connectivity index is 1.34. The van der Waals surface area contributed by atoms with E-state index in [1.807, 2.05) is 37.4 Å². The number of thiophene rings is 1. The van der Waals surface area contributed by atoms with Gasteiger partial charge in [0.2, 0.25) is 5.91 Å². The molecule has 0 aliphatic carbocycles. The molecule has 0 atom stereocenters. The van der Waals surface area contributed by atoms with Gasteiger partial charge in [-0.1, -0.05) is 32.9 Å². The molecule has 9 nitrogen and oxygen atoms in total. The van der Waals surface area contributed by atoms with Crippen LogP contribution in [0.5, 0.6) is 0 Å². The smallest absolute Gasteiger partial charge is 0.324 e. The van der Waals surface area contributed by atoms with Crippen molar-refractivity contribution >= 4 is 39.9 Å². The van der Waals surface area contributed by atoms with Crippen LogP contribution in [0.4, 0.5) is 15.5 Å². The average Bonchev–Trinajstić information content (AvgIpc) is 3.63. The van der Waals surface area contributed by atoms with Gasteiger partial charge in [-0.25, -0.2) is 4.79 Å². The molecule has 2 N–H and O–H groups in total. The van der Waals surface area contributed by atoms with E-state index < -0.39 is 11.6 Å². The van der Waals surface area contributed by atoms with E-state index in [-0.39, 0.29) is 17.2 Å². The number of nitrogens with zero attached hydrogens (tertiary/aromatic N) is 4. The van der Waals surface area contributed by atoms with Crippen molar-refractivity contribution in [2.45, 2.75) is 71.9 Å². The predicted octanol–water partition coefficient (Wildman–Crippen LogP) is 6.35. The van der Waals surface area contributed by atoms with Crippen LogP contribution in [0.2, 0.25) is 0 Å². The zero-order valence-corrected chi connectivity index (χ0v) is 27.7. The van der Waals surface area contributed by atoms with Crippen LogP contribution in [-0.2, 0) is 16.8 Å². The van der Waals surface area contributed by atoms with Gasteiger partial charge in [0.1, 0.15) is 10.5 Å². The van der Waals surface area contributed by atoms with Crippen molar-refractivity contribution in [2.75, 3.05) is 43.9 Å². The lowest BCUT2D eigenvalue weighted by Gasteiger charge is -2.44. The Kier molecular flexibility index (Phi) is 8.87. The predicted molar refractivity (Wildman–Crippen MR) is 177 cm³/mol. The summed E-state index contributed by atoms with van der Waals surface area (Å²) in [4.78, 5) is 51.5. The van der Waals surface area contributed by atoms with Crippen LogP contribution in [0, 0.1) is 6.92 Å². The normalized spacial score (nSPS) is 17.2. The molecule has 10 heteroatoms. The molecule has 0 unspecified atom stereocenters. The molecule has 2 fully saturated rings. The van der Waals surface area contributed by atoms with Crippen LogP contribution >= 0.6 is 11.3 Å². The summed E-state index contributed by atoms with van der Waals surface area (Å²) in [5.41, 5.74) is 3.92. The second kappa shape index (κ2) is 12.3. The van der Waals surface area contributed by atoms with E-state index in [0.717, 1.165) is 46.9 Å². The number of pyridine rings is 1. The van der Waals surface area contributed by atoms with Gasteiger partial charge >= 0.3 is 6.03 Å². The van der Waals surface area contributed by atoms with Gasteiger partial charge in [-0.05, 0) is 87.5 Å². The van der Waals surface area contributed by atoms with Crippen LogP contribution in [0.1, 0.15) is 74.0 Å². The number of aryl methyl sites for hydroxylation is 1. The molecule has 44 heavy (non-hydrogen) atoms. The molecule has 234 valence electrons. The summed E-state index contributed by atoms with van der Waals surface area (Å²) in [5.74, 6) is -0.376. The van der Waals surface area contributed by atoms with Gasteiger partial charge in [-0.2, -0.15) is 0 Å². The first kappa shape index (κ1) is 31.7. The van der Waals surface area contributed by atoms with Crippen LogP contribution in [0.3, 0.4) is 0 Å². The summed E-state index contributed by atoms with van der Waals surface area (Å²) in [6.07, 6.45) is 4.41. The van der Waals surface area contributed by atoms with Gasteiger partial charge in [0.25, 0.3) is 5.91 Å².